The molecule has 6 heteroatoms. The Kier molecular flexibility index (Phi) is 4.34. The van der Waals surface area contributed by atoms with Crippen LogP contribution in [0.1, 0.15) is 10.4 Å². The van der Waals surface area contributed by atoms with E-state index >= 15 is 0 Å². The highest BCUT2D eigenvalue weighted by Crippen LogP contribution is 2.23. The molecule has 2 rings (SSSR count). The van der Waals surface area contributed by atoms with E-state index in [9.17, 15) is 13.6 Å². The zero-order valence-corrected chi connectivity index (χ0v) is 12.0. The molecule has 20 heavy (non-hydrogen) atoms. The van der Waals surface area contributed by atoms with Gasteiger partial charge in [0.25, 0.3) is 5.91 Å². The second-order valence-electron chi connectivity index (χ2n) is 3.92. The topological polar surface area (TPSA) is 38.3 Å². The van der Waals surface area contributed by atoms with Gasteiger partial charge in [-0.25, -0.2) is 8.78 Å². The highest BCUT2D eigenvalue weighted by Gasteiger charge is 2.14. The minimum absolute atomic E-state index is 0.0753. The molecule has 1 N–H and O–H groups in total. The summed E-state index contributed by atoms with van der Waals surface area (Å²) < 4.78 is 32.6. The number of methoxy groups -OCH3 is 1. The van der Waals surface area contributed by atoms with Gasteiger partial charge in [0, 0.05) is 10.5 Å². The lowest BCUT2D eigenvalue weighted by Crippen LogP contribution is -2.14. The van der Waals surface area contributed by atoms with E-state index in [1.165, 1.54) is 31.4 Å². The van der Waals surface area contributed by atoms with E-state index < -0.39 is 17.5 Å². The van der Waals surface area contributed by atoms with Crippen molar-refractivity contribution in [2.75, 3.05) is 12.4 Å². The van der Waals surface area contributed by atoms with Gasteiger partial charge in [-0.05, 0) is 30.3 Å². The fourth-order valence-electron chi connectivity index (χ4n) is 1.59. The van der Waals surface area contributed by atoms with Crippen molar-refractivity contribution in [3.63, 3.8) is 0 Å². The van der Waals surface area contributed by atoms with E-state index in [1.807, 2.05) is 0 Å². The van der Waals surface area contributed by atoms with Crippen LogP contribution in [0.4, 0.5) is 14.5 Å². The predicted octanol–water partition coefficient (Wildman–Crippen LogP) is 3.99. The Morgan fingerprint density at radius 1 is 1.15 bits per heavy atom. The first-order valence-corrected chi connectivity index (χ1v) is 6.40. The van der Waals surface area contributed by atoms with E-state index in [0.29, 0.717) is 10.2 Å². The first-order chi connectivity index (χ1) is 9.51. The summed E-state index contributed by atoms with van der Waals surface area (Å²) in [4.78, 5) is 12.0. The van der Waals surface area contributed by atoms with Crippen LogP contribution in [0, 0.1) is 11.6 Å². The number of ether oxygens (including phenoxy) is 1. The number of hydrogen-bond acceptors (Lipinski definition) is 2. The summed E-state index contributed by atoms with van der Waals surface area (Å²) >= 11 is 3.15. The molecule has 2 aromatic rings. The third kappa shape index (κ3) is 3.14. The lowest BCUT2D eigenvalue weighted by Gasteiger charge is -2.09. The first-order valence-electron chi connectivity index (χ1n) is 5.61. The van der Waals surface area contributed by atoms with Gasteiger partial charge in [0.1, 0.15) is 17.4 Å². The van der Waals surface area contributed by atoms with Crippen LogP contribution >= 0.6 is 15.9 Å². The Morgan fingerprint density at radius 2 is 1.85 bits per heavy atom. The van der Waals surface area contributed by atoms with Gasteiger partial charge in [-0.2, -0.15) is 0 Å². The summed E-state index contributed by atoms with van der Waals surface area (Å²) in [5.41, 5.74) is -0.254. The van der Waals surface area contributed by atoms with E-state index in [2.05, 4.69) is 21.2 Å². The van der Waals surface area contributed by atoms with Gasteiger partial charge in [-0.15, -0.1) is 0 Å². The number of benzene rings is 2. The number of nitrogens with one attached hydrogen (secondary N) is 1. The molecule has 0 bridgehead atoms. The molecular weight excluding hydrogens is 332 g/mol. The maximum atomic E-state index is 13.6. The van der Waals surface area contributed by atoms with Gasteiger partial charge in [-0.1, -0.05) is 15.9 Å². The van der Waals surface area contributed by atoms with Crippen molar-refractivity contribution in [3.8, 4) is 5.75 Å². The molecule has 0 atom stereocenters. The van der Waals surface area contributed by atoms with Gasteiger partial charge in [0.2, 0.25) is 0 Å². The lowest BCUT2D eigenvalue weighted by molar-refractivity contribution is 0.102. The summed E-state index contributed by atoms with van der Waals surface area (Å²) in [6.45, 7) is 0. The monoisotopic (exact) mass is 341 g/mol. The van der Waals surface area contributed by atoms with Gasteiger partial charge in [0.15, 0.2) is 0 Å². The largest absolute Gasteiger partial charge is 0.497 e. The van der Waals surface area contributed by atoms with Crippen molar-refractivity contribution in [3.05, 3.63) is 58.1 Å². The van der Waals surface area contributed by atoms with Crippen molar-refractivity contribution in [2.24, 2.45) is 0 Å². The van der Waals surface area contributed by atoms with E-state index in [-0.39, 0.29) is 11.3 Å². The van der Waals surface area contributed by atoms with Gasteiger partial charge in [-0.3, -0.25) is 4.79 Å². The summed E-state index contributed by atoms with van der Waals surface area (Å²) in [7, 11) is 1.42. The number of anilines is 1. The van der Waals surface area contributed by atoms with Crippen molar-refractivity contribution < 1.29 is 18.3 Å². The number of hydrogen-bond donors (Lipinski definition) is 1. The van der Waals surface area contributed by atoms with Crippen LogP contribution in [0.5, 0.6) is 5.75 Å². The quantitative estimate of drug-likeness (QED) is 0.916. The average molecular weight is 342 g/mol. The SMILES string of the molecule is COc1ccc(F)c(NC(=O)c2cc(Br)ccc2F)c1. The van der Waals surface area contributed by atoms with Crippen molar-refractivity contribution in [1.29, 1.82) is 0 Å². The average Bonchev–Trinajstić information content (AvgIpc) is 2.43. The van der Waals surface area contributed by atoms with Crippen LogP contribution in [0.2, 0.25) is 0 Å². The minimum atomic E-state index is -0.740. The fourth-order valence-corrected chi connectivity index (χ4v) is 1.95. The Bertz CT molecular complexity index is 662. The number of rotatable bonds is 3. The van der Waals surface area contributed by atoms with Crippen LogP contribution in [0.15, 0.2) is 40.9 Å². The molecule has 0 heterocycles. The molecule has 2 aromatic carbocycles. The van der Waals surface area contributed by atoms with Gasteiger partial charge >= 0.3 is 0 Å². The zero-order chi connectivity index (χ0) is 14.7. The Balaban J connectivity index is 2.30. The molecule has 0 unspecified atom stereocenters. The predicted molar refractivity (Wildman–Crippen MR) is 75.0 cm³/mol. The normalized spacial score (nSPS) is 10.2. The number of carbonyl (C=O) groups excluding carboxylic acids is 1. The van der Waals surface area contributed by atoms with Crippen molar-refractivity contribution in [2.45, 2.75) is 0 Å². The molecule has 0 radical (unpaired) electrons. The van der Waals surface area contributed by atoms with E-state index in [4.69, 9.17) is 4.74 Å². The maximum Gasteiger partial charge on any atom is 0.258 e. The molecule has 0 aliphatic rings. The maximum absolute atomic E-state index is 13.6. The van der Waals surface area contributed by atoms with Gasteiger partial charge in [0.05, 0.1) is 18.4 Å². The second kappa shape index (κ2) is 6.00. The molecule has 1 amide bonds. The lowest BCUT2D eigenvalue weighted by atomic mass is 10.2. The van der Waals surface area contributed by atoms with E-state index in [0.717, 1.165) is 12.1 Å². The van der Waals surface area contributed by atoms with Crippen molar-refractivity contribution >= 4 is 27.5 Å². The molecule has 0 aliphatic carbocycles. The Hall–Kier alpha value is -1.95. The molecule has 3 nitrogen and oxygen atoms in total. The molecule has 0 saturated carbocycles. The summed E-state index contributed by atoms with van der Waals surface area (Å²) in [5, 5.41) is 2.31. The number of halogens is 3. The molecule has 0 saturated heterocycles. The summed E-state index contributed by atoms with van der Waals surface area (Å²) in [6, 6.07) is 7.85. The first kappa shape index (κ1) is 14.5. The number of carbonyl (C=O) groups is 1. The van der Waals surface area contributed by atoms with Crippen LogP contribution in [0.3, 0.4) is 0 Å². The Labute approximate surface area is 122 Å². The van der Waals surface area contributed by atoms with Crippen LogP contribution in [0.25, 0.3) is 0 Å². The van der Waals surface area contributed by atoms with Crippen LogP contribution in [-0.4, -0.2) is 13.0 Å². The van der Waals surface area contributed by atoms with E-state index in [1.54, 1.807) is 0 Å². The third-order valence-corrected chi connectivity index (χ3v) is 3.09. The third-order valence-electron chi connectivity index (χ3n) is 2.59. The fraction of sp³-hybridized carbons (Fsp3) is 0.0714. The zero-order valence-electron chi connectivity index (χ0n) is 10.4. The van der Waals surface area contributed by atoms with Crippen LogP contribution < -0.4 is 10.1 Å². The molecule has 104 valence electrons. The minimum Gasteiger partial charge on any atom is -0.497 e. The number of amides is 1. The molecule has 0 fully saturated rings. The van der Waals surface area contributed by atoms with Gasteiger partial charge < -0.3 is 10.1 Å². The second-order valence-corrected chi connectivity index (χ2v) is 4.84. The molecular formula is C14H10BrF2NO2. The highest BCUT2D eigenvalue weighted by atomic mass is 79.9. The molecule has 0 aliphatic heterocycles. The summed E-state index contributed by atoms with van der Waals surface area (Å²) in [6.07, 6.45) is 0. The standard InChI is InChI=1S/C14H10BrF2NO2/c1-20-9-3-5-12(17)13(7-9)18-14(19)10-6-8(15)2-4-11(10)16/h2-7H,1H3,(H,18,19). The molecule has 0 spiro atoms. The van der Waals surface area contributed by atoms with Crippen molar-refractivity contribution in [1.82, 2.24) is 0 Å². The highest BCUT2D eigenvalue weighted by molar-refractivity contribution is 9.10. The molecule has 0 aromatic heterocycles. The smallest absolute Gasteiger partial charge is 0.258 e. The summed E-state index contributed by atoms with van der Waals surface area (Å²) in [5.74, 6) is -1.67. The van der Waals surface area contributed by atoms with Crippen LogP contribution in [-0.2, 0) is 0 Å². The Morgan fingerprint density at radius 3 is 2.55 bits per heavy atom.